The molecule has 8 nitrogen and oxygen atoms in total. The molecule has 1 N–H and O–H groups in total. The smallest absolute Gasteiger partial charge is 0.258 e. The van der Waals surface area contributed by atoms with E-state index in [0.717, 1.165) is 4.47 Å². The van der Waals surface area contributed by atoms with Crippen LogP contribution in [-0.4, -0.2) is 44.5 Å². The second-order valence-corrected chi connectivity index (χ2v) is 7.81. The fourth-order valence-corrected chi connectivity index (χ4v) is 3.63. The third-order valence-electron chi connectivity index (χ3n) is 4.71. The number of nitrogens with zero attached hydrogens (tertiary/aromatic N) is 4. The average molecular weight is 470 g/mol. The fraction of sp³-hybridized carbons (Fsp3) is 0.238. The predicted octanol–water partition coefficient (Wildman–Crippen LogP) is 2.34. The van der Waals surface area contributed by atoms with Crippen LogP contribution in [0.4, 0.5) is 0 Å². The van der Waals surface area contributed by atoms with Gasteiger partial charge in [-0.2, -0.15) is 0 Å². The number of nitrogens with one attached hydrogen (secondary N) is 1. The van der Waals surface area contributed by atoms with Crippen LogP contribution in [0.1, 0.15) is 11.5 Å². The quantitative estimate of drug-likeness (QED) is 0.446. The summed E-state index contributed by atoms with van der Waals surface area (Å²) in [4.78, 5) is 38.9. The van der Waals surface area contributed by atoms with Crippen molar-refractivity contribution in [2.45, 2.75) is 13.1 Å². The van der Waals surface area contributed by atoms with Gasteiger partial charge in [0.05, 0.1) is 29.7 Å². The van der Waals surface area contributed by atoms with Crippen LogP contribution in [0.3, 0.4) is 0 Å². The third kappa shape index (κ3) is 4.48. The van der Waals surface area contributed by atoms with Gasteiger partial charge in [-0.1, -0.05) is 12.1 Å². The molecule has 0 spiro atoms. The van der Waals surface area contributed by atoms with Gasteiger partial charge in [0, 0.05) is 36.9 Å². The Kier molecular flexibility index (Phi) is 6.03. The molecule has 0 saturated carbocycles. The van der Waals surface area contributed by atoms with Crippen molar-refractivity contribution in [3.63, 3.8) is 0 Å². The standard InChI is InChI=1S/C21H20BrN5O3/c1-30-9-8-26(13-18-24-17-5-3-2-4-16(17)21(29)25-18)12-15-10-20(28)27-11-14(22)6-7-19(27)23-15/h2-7,10-11H,8-9,12-13H2,1H3,(H,24,25,29). The summed E-state index contributed by atoms with van der Waals surface area (Å²) in [5, 5.41) is 0.556. The summed E-state index contributed by atoms with van der Waals surface area (Å²) in [7, 11) is 1.63. The lowest BCUT2D eigenvalue weighted by molar-refractivity contribution is 0.137. The first kappa shape index (κ1) is 20.4. The van der Waals surface area contributed by atoms with Crippen LogP contribution >= 0.6 is 15.9 Å². The summed E-state index contributed by atoms with van der Waals surface area (Å²) in [6.45, 7) is 1.90. The zero-order valence-electron chi connectivity index (χ0n) is 16.3. The first-order valence-corrected chi connectivity index (χ1v) is 10.2. The number of H-pyrrole nitrogens is 1. The lowest BCUT2D eigenvalue weighted by Gasteiger charge is -2.21. The fourth-order valence-electron chi connectivity index (χ4n) is 3.29. The van der Waals surface area contributed by atoms with Crippen LogP contribution in [0.2, 0.25) is 0 Å². The molecule has 1 aromatic carbocycles. The minimum absolute atomic E-state index is 0.153. The van der Waals surface area contributed by atoms with Gasteiger partial charge in [0.1, 0.15) is 11.5 Å². The molecule has 0 aliphatic rings. The number of methoxy groups -OCH3 is 1. The molecular weight excluding hydrogens is 450 g/mol. The normalized spacial score (nSPS) is 11.6. The summed E-state index contributed by atoms with van der Waals surface area (Å²) in [6.07, 6.45) is 1.70. The SMILES string of the molecule is COCCN(Cc1cc(=O)n2cc(Br)ccc2n1)Cc1nc2ccccc2c(=O)[nH]1. The summed E-state index contributed by atoms with van der Waals surface area (Å²) >= 11 is 3.37. The molecule has 0 saturated heterocycles. The Bertz CT molecular complexity index is 1320. The van der Waals surface area contributed by atoms with E-state index in [1.54, 1.807) is 25.4 Å². The molecule has 0 unspecified atom stereocenters. The highest BCUT2D eigenvalue weighted by atomic mass is 79.9. The first-order valence-electron chi connectivity index (χ1n) is 9.40. The van der Waals surface area contributed by atoms with Gasteiger partial charge in [0.15, 0.2) is 0 Å². The van der Waals surface area contributed by atoms with Crippen molar-refractivity contribution in [3.8, 4) is 0 Å². The molecular formula is C21H20BrN5O3. The minimum Gasteiger partial charge on any atom is -0.383 e. The Balaban J connectivity index is 1.63. The second kappa shape index (κ2) is 8.86. The maximum atomic E-state index is 12.5. The molecule has 0 bridgehead atoms. The lowest BCUT2D eigenvalue weighted by Crippen LogP contribution is -2.30. The van der Waals surface area contributed by atoms with Gasteiger partial charge in [-0.25, -0.2) is 9.97 Å². The highest BCUT2D eigenvalue weighted by Gasteiger charge is 2.13. The summed E-state index contributed by atoms with van der Waals surface area (Å²) in [6, 6.07) is 12.4. The number of benzene rings is 1. The largest absolute Gasteiger partial charge is 0.383 e. The number of aromatic amines is 1. The first-order chi connectivity index (χ1) is 14.5. The van der Waals surface area contributed by atoms with Crippen molar-refractivity contribution >= 4 is 32.5 Å². The molecule has 0 atom stereocenters. The molecule has 4 rings (SSSR count). The van der Waals surface area contributed by atoms with E-state index in [2.05, 4.69) is 30.9 Å². The monoisotopic (exact) mass is 469 g/mol. The molecule has 3 aromatic heterocycles. The van der Waals surface area contributed by atoms with Crippen molar-refractivity contribution in [1.29, 1.82) is 0 Å². The lowest BCUT2D eigenvalue weighted by atomic mass is 10.2. The number of rotatable bonds is 7. The maximum absolute atomic E-state index is 12.5. The van der Waals surface area contributed by atoms with Gasteiger partial charge in [0.2, 0.25) is 0 Å². The van der Waals surface area contributed by atoms with Crippen molar-refractivity contribution in [2.24, 2.45) is 0 Å². The van der Waals surface area contributed by atoms with Gasteiger partial charge in [0.25, 0.3) is 11.1 Å². The number of ether oxygens (including phenoxy) is 1. The second-order valence-electron chi connectivity index (χ2n) is 6.89. The van der Waals surface area contributed by atoms with Crippen LogP contribution < -0.4 is 11.1 Å². The van der Waals surface area contributed by atoms with E-state index in [-0.39, 0.29) is 11.1 Å². The number of fused-ring (bicyclic) bond motifs is 2. The average Bonchev–Trinajstić information content (AvgIpc) is 2.73. The Morgan fingerprint density at radius 2 is 1.97 bits per heavy atom. The van der Waals surface area contributed by atoms with Gasteiger partial charge in [-0.05, 0) is 40.2 Å². The number of para-hydroxylation sites is 1. The Morgan fingerprint density at radius 1 is 1.13 bits per heavy atom. The van der Waals surface area contributed by atoms with Gasteiger partial charge in [-0.3, -0.25) is 18.9 Å². The molecule has 0 amide bonds. The number of hydrogen-bond acceptors (Lipinski definition) is 6. The van der Waals surface area contributed by atoms with Gasteiger partial charge < -0.3 is 9.72 Å². The molecule has 0 radical (unpaired) electrons. The van der Waals surface area contributed by atoms with Crippen molar-refractivity contribution < 1.29 is 4.74 Å². The maximum Gasteiger partial charge on any atom is 0.258 e. The highest BCUT2D eigenvalue weighted by molar-refractivity contribution is 9.10. The van der Waals surface area contributed by atoms with Crippen LogP contribution in [0.25, 0.3) is 16.6 Å². The van der Waals surface area contributed by atoms with Crippen LogP contribution in [0, 0.1) is 0 Å². The Hall–Kier alpha value is -2.88. The molecule has 0 fully saturated rings. The van der Waals surface area contributed by atoms with Crippen molar-refractivity contribution in [3.05, 3.63) is 85.4 Å². The van der Waals surface area contributed by atoms with Gasteiger partial charge >= 0.3 is 0 Å². The van der Waals surface area contributed by atoms with Crippen molar-refractivity contribution in [2.75, 3.05) is 20.3 Å². The topological polar surface area (TPSA) is 92.6 Å². The van der Waals surface area contributed by atoms with Crippen LogP contribution in [0.5, 0.6) is 0 Å². The van der Waals surface area contributed by atoms with E-state index in [1.165, 1.54) is 10.5 Å². The van der Waals surface area contributed by atoms with Crippen LogP contribution in [-0.2, 0) is 17.8 Å². The molecule has 30 heavy (non-hydrogen) atoms. The summed E-state index contributed by atoms with van der Waals surface area (Å²) in [5.74, 6) is 0.552. The summed E-state index contributed by atoms with van der Waals surface area (Å²) < 4.78 is 7.52. The molecule has 0 aliphatic heterocycles. The zero-order chi connectivity index (χ0) is 21.1. The minimum atomic E-state index is -0.171. The van der Waals surface area contributed by atoms with E-state index < -0.39 is 0 Å². The number of pyridine rings is 1. The number of halogens is 1. The van der Waals surface area contributed by atoms with Gasteiger partial charge in [-0.15, -0.1) is 0 Å². The van der Waals surface area contributed by atoms with Crippen molar-refractivity contribution in [1.82, 2.24) is 24.3 Å². The van der Waals surface area contributed by atoms with E-state index >= 15 is 0 Å². The van der Waals surface area contributed by atoms with E-state index in [1.807, 2.05) is 29.2 Å². The predicted molar refractivity (Wildman–Crippen MR) is 118 cm³/mol. The Morgan fingerprint density at radius 3 is 2.80 bits per heavy atom. The van der Waals surface area contributed by atoms with E-state index in [0.29, 0.717) is 54.3 Å². The van der Waals surface area contributed by atoms with Crippen LogP contribution in [0.15, 0.2) is 62.7 Å². The molecule has 4 aromatic rings. The molecule has 9 heteroatoms. The Labute approximate surface area is 180 Å². The number of hydrogen-bond donors (Lipinski definition) is 1. The molecule has 3 heterocycles. The van der Waals surface area contributed by atoms with E-state index in [9.17, 15) is 9.59 Å². The van der Waals surface area contributed by atoms with E-state index in [4.69, 9.17) is 4.74 Å². The third-order valence-corrected chi connectivity index (χ3v) is 5.18. The zero-order valence-corrected chi connectivity index (χ0v) is 17.9. The highest BCUT2D eigenvalue weighted by Crippen LogP contribution is 2.12. The molecule has 0 aliphatic carbocycles. The number of aromatic nitrogens is 4. The summed E-state index contributed by atoms with van der Waals surface area (Å²) in [5.41, 5.74) is 1.54. The molecule has 154 valence electrons.